The van der Waals surface area contributed by atoms with Crippen molar-refractivity contribution >= 4 is 35.2 Å². The maximum atomic E-state index is 11.6. The molecule has 1 rings (SSSR count). The van der Waals surface area contributed by atoms with Crippen LogP contribution in [0, 0.1) is 0 Å². The lowest BCUT2D eigenvalue weighted by atomic mass is 10.2. The van der Waals surface area contributed by atoms with Gasteiger partial charge in [-0.05, 0) is 26.0 Å². The minimum Gasteiger partial charge on any atom is -0.490 e. The Morgan fingerprint density at radius 1 is 1.26 bits per heavy atom. The molecule has 0 heterocycles. The highest BCUT2D eigenvalue weighted by atomic mass is 35.5. The first kappa shape index (κ1) is 18.6. The number of halogens is 1. The van der Waals surface area contributed by atoms with Gasteiger partial charge in [0.25, 0.3) is 0 Å². The summed E-state index contributed by atoms with van der Waals surface area (Å²) >= 11 is 6.13. The van der Waals surface area contributed by atoms with E-state index in [1.54, 1.807) is 19.1 Å². The first-order valence-electron chi connectivity index (χ1n) is 6.88. The minimum absolute atomic E-state index is 0.153. The molecule has 0 atom stereocenters. The molecule has 0 radical (unpaired) electrons. The quantitative estimate of drug-likeness (QED) is 0.762. The van der Waals surface area contributed by atoms with Crippen molar-refractivity contribution in [3.05, 3.63) is 29.3 Å². The molecule has 0 aliphatic carbocycles. The number of anilines is 2. The summed E-state index contributed by atoms with van der Waals surface area (Å²) in [6.45, 7) is 4.11. The lowest BCUT2D eigenvalue weighted by molar-refractivity contribution is 0.174. The second-order valence-electron chi connectivity index (χ2n) is 4.18. The number of allylic oxidation sites excluding steroid dienone is 1. The number of ether oxygens (including phenoxy) is 3. The lowest BCUT2D eigenvalue weighted by Crippen LogP contribution is -2.15. The van der Waals surface area contributed by atoms with Crippen molar-refractivity contribution in [2.45, 2.75) is 13.8 Å². The summed E-state index contributed by atoms with van der Waals surface area (Å²) in [5, 5.41) is 5.22. The highest BCUT2D eigenvalue weighted by molar-refractivity contribution is 6.33. The fourth-order valence-corrected chi connectivity index (χ4v) is 1.86. The summed E-state index contributed by atoms with van der Waals surface area (Å²) in [5.41, 5.74) is 0.616. The van der Waals surface area contributed by atoms with E-state index in [1.165, 1.54) is 19.2 Å². The van der Waals surface area contributed by atoms with Crippen LogP contribution in [-0.2, 0) is 9.47 Å². The monoisotopic (exact) mass is 342 g/mol. The normalized spacial score (nSPS) is 10.3. The maximum Gasteiger partial charge on any atom is 0.411 e. The van der Waals surface area contributed by atoms with Crippen molar-refractivity contribution < 1.29 is 23.8 Å². The van der Waals surface area contributed by atoms with Crippen LogP contribution in [0.3, 0.4) is 0 Å². The SMILES string of the molecule is CC=CCOC(=O)Nc1cc(Cl)c(OCC)c(NC(=O)OC)c1. The molecule has 7 nitrogen and oxygen atoms in total. The smallest absolute Gasteiger partial charge is 0.411 e. The van der Waals surface area contributed by atoms with Crippen LogP contribution in [0.15, 0.2) is 24.3 Å². The molecule has 0 saturated heterocycles. The summed E-state index contributed by atoms with van der Waals surface area (Å²) in [5.74, 6) is 0.285. The molecule has 2 amide bonds. The van der Waals surface area contributed by atoms with E-state index in [2.05, 4.69) is 15.4 Å². The van der Waals surface area contributed by atoms with E-state index in [0.717, 1.165) is 0 Å². The molecule has 0 spiro atoms. The van der Waals surface area contributed by atoms with E-state index in [-0.39, 0.29) is 23.1 Å². The number of hydrogen-bond acceptors (Lipinski definition) is 5. The molecular formula is C15H19ClN2O5. The van der Waals surface area contributed by atoms with Gasteiger partial charge in [0.1, 0.15) is 6.61 Å². The van der Waals surface area contributed by atoms with E-state index in [9.17, 15) is 9.59 Å². The first-order chi connectivity index (χ1) is 11.0. The van der Waals surface area contributed by atoms with Crippen LogP contribution in [0.2, 0.25) is 5.02 Å². The Labute approximate surface area is 139 Å². The summed E-state index contributed by atoms with van der Waals surface area (Å²) in [4.78, 5) is 23.1. The zero-order chi connectivity index (χ0) is 17.2. The molecule has 0 bridgehead atoms. The number of carbonyl (C=O) groups excluding carboxylic acids is 2. The molecule has 0 aromatic heterocycles. The molecule has 1 aromatic carbocycles. The highest BCUT2D eigenvalue weighted by Gasteiger charge is 2.15. The van der Waals surface area contributed by atoms with E-state index in [0.29, 0.717) is 12.3 Å². The van der Waals surface area contributed by atoms with Crippen LogP contribution in [-0.4, -0.2) is 32.5 Å². The van der Waals surface area contributed by atoms with Gasteiger partial charge in [-0.15, -0.1) is 0 Å². The Morgan fingerprint density at radius 3 is 2.61 bits per heavy atom. The van der Waals surface area contributed by atoms with Crippen LogP contribution >= 0.6 is 11.6 Å². The summed E-state index contributed by atoms with van der Waals surface area (Å²) in [6.07, 6.45) is 2.12. The van der Waals surface area contributed by atoms with Gasteiger partial charge in [0.05, 0.1) is 24.4 Å². The van der Waals surface area contributed by atoms with Crippen LogP contribution < -0.4 is 15.4 Å². The van der Waals surface area contributed by atoms with Gasteiger partial charge in [-0.2, -0.15) is 0 Å². The number of nitrogens with one attached hydrogen (secondary N) is 2. The van der Waals surface area contributed by atoms with Gasteiger partial charge in [0, 0.05) is 5.69 Å². The minimum atomic E-state index is -0.685. The molecule has 0 unspecified atom stereocenters. The predicted molar refractivity (Wildman–Crippen MR) is 88.4 cm³/mol. The van der Waals surface area contributed by atoms with E-state index in [1.807, 2.05) is 6.92 Å². The Kier molecular flexibility index (Phi) is 7.76. The third kappa shape index (κ3) is 6.07. The Bertz CT molecular complexity index is 589. The predicted octanol–water partition coefficient (Wildman–Crippen LogP) is 4.04. The third-order valence-corrected chi connectivity index (χ3v) is 2.83. The van der Waals surface area contributed by atoms with Crippen LogP contribution in [0.25, 0.3) is 0 Å². The van der Waals surface area contributed by atoms with Crippen molar-refractivity contribution in [2.24, 2.45) is 0 Å². The third-order valence-electron chi connectivity index (χ3n) is 2.55. The zero-order valence-corrected chi connectivity index (χ0v) is 13.9. The number of benzene rings is 1. The van der Waals surface area contributed by atoms with Gasteiger partial charge in [0.15, 0.2) is 5.75 Å². The first-order valence-corrected chi connectivity index (χ1v) is 7.25. The van der Waals surface area contributed by atoms with Crippen molar-refractivity contribution in [3.63, 3.8) is 0 Å². The van der Waals surface area contributed by atoms with Crippen LogP contribution in [0.5, 0.6) is 5.75 Å². The topological polar surface area (TPSA) is 85.9 Å². The van der Waals surface area contributed by atoms with Gasteiger partial charge in [-0.25, -0.2) is 9.59 Å². The molecule has 0 saturated carbocycles. The van der Waals surface area contributed by atoms with Crippen molar-refractivity contribution in [2.75, 3.05) is 31.0 Å². The molecule has 1 aromatic rings. The standard InChI is InChI=1S/C15H19ClN2O5/c1-4-6-7-23-15(20)17-10-8-11(16)13(22-5-2)12(9-10)18-14(19)21-3/h4,6,8-9H,5,7H2,1-3H3,(H,17,20)(H,18,19). The largest absolute Gasteiger partial charge is 0.490 e. The molecule has 0 aliphatic rings. The number of rotatable bonds is 6. The number of hydrogen-bond donors (Lipinski definition) is 2. The van der Waals surface area contributed by atoms with Crippen LogP contribution in [0.4, 0.5) is 21.0 Å². The second kappa shape index (κ2) is 9.58. The number of methoxy groups -OCH3 is 1. The molecule has 0 fully saturated rings. The van der Waals surface area contributed by atoms with E-state index in [4.69, 9.17) is 21.1 Å². The fraction of sp³-hybridized carbons (Fsp3) is 0.333. The van der Waals surface area contributed by atoms with E-state index < -0.39 is 12.2 Å². The Hall–Kier alpha value is -2.41. The molecule has 126 valence electrons. The van der Waals surface area contributed by atoms with Gasteiger partial charge in [-0.3, -0.25) is 10.6 Å². The summed E-state index contributed by atoms with van der Waals surface area (Å²) in [6, 6.07) is 2.98. The second-order valence-corrected chi connectivity index (χ2v) is 4.58. The highest BCUT2D eigenvalue weighted by Crippen LogP contribution is 2.36. The summed E-state index contributed by atoms with van der Waals surface area (Å²) < 4.78 is 14.9. The van der Waals surface area contributed by atoms with Crippen molar-refractivity contribution in [1.29, 1.82) is 0 Å². The van der Waals surface area contributed by atoms with Gasteiger partial charge in [0.2, 0.25) is 0 Å². The zero-order valence-electron chi connectivity index (χ0n) is 13.1. The van der Waals surface area contributed by atoms with Crippen molar-refractivity contribution in [3.8, 4) is 5.75 Å². The van der Waals surface area contributed by atoms with Crippen molar-refractivity contribution in [1.82, 2.24) is 0 Å². The van der Waals surface area contributed by atoms with E-state index >= 15 is 0 Å². The Balaban J connectivity index is 2.96. The van der Waals surface area contributed by atoms with Gasteiger partial charge >= 0.3 is 12.2 Å². The molecular weight excluding hydrogens is 324 g/mol. The average Bonchev–Trinajstić information content (AvgIpc) is 2.50. The van der Waals surface area contributed by atoms with Crippen LogP contribution in [0.1, 0.15) is 13.8 Å². The number of amides is 2. The maximum absolute atomic E-state index is 11.6. The molecule has 0 aliphatic heterocycles. The molecule has 2 N–H and O–H groups in total. The molecule has 23 heavy (non-hydrogen) atoms. The number of carbonyl (C=O) groups is 2. The fourth-order valence-electron chi connectivity index (χ4n) is 1.58. The summed E-state index contributed by atoms with van der Waals surface area (Å²) in [7, 11) is 1.23. The Morgan fingerprint density at radius 2 is 2.00 bits per heavy atom. The van der Waals surface area contributed by atoms with Gasteiger partial charge < -0.3 is 14.2 Å². The molecule has 8 heteroatoms. The average molecular weight is 343 g/mol. The van der Waals surface area contributed by atoms with Gasteiger partial charge in [-0.1, -0.05) is 23.8 Å². The lowest BCUT2D eigenvalue weighted by Gasteiger charge is -2.15.